The lowest BCUT2D eigenvalue weighted by Gasteiger charge is -2.07. The second-order valence-electron chi connectivity index (χ2n) is 3.48. The zero-order chi connectivity index (χ0) is 12.3. The summed E-state index contributed by atoms with van der Waals surface area (Å²) in [4.78, 5) is 8.24. The summed E-state index contributed by atoms with van der Waals surface area (Å²) < 4.78 is 1.60. The molecule has 2 N–H and O–H groups in total. The van der Waals surface area contributed by atoms with Crippen LogP contribution in [0.5, 0.6) is 0 Å². The number of aryl methyl sites for hydroxylation is 1. The highest BCUT2D eigenvalue weighted by atomic mass is 32.2. The van der Waals surface area contributed by atoms with Gasteiger partial charge in [-0.25, -0.2) is 14.6 Å². The van der Waals surface area contributed by atoms with Gasteiger partial charge in [-0.05, 0) is 28.6 Å². The molecule has 0 saturated carbocycles. The van der Waals surface area contributed by atoms with Crippen LogP contribution in [0.4, 0.5) is 5.82 Å². The van der Waals surface area contributed by atoms with Gasteiger partial charge in [0.2, 0.25) is 5.16 Å². The van der Waals surface area contributed by atoms with Gasteiger partial charge in [-0.15, -0.1) is 5.10 Å². The highest BCUT2D eigenvalue weighted by Crippen LogP contribution is 2.28. The molecule has 7 nitrogen and oxygen atoms in total. The van der Waals surface area contributed by atoms with Gasteiger partial charge < -0.3 is 5.73 Å². The highest BCUT2D eigenvalue weighted by molar-refractivity contribution is 7.99. The van der Waals surface area contributed by atoms with Crippen molar-refractivity contribution >= 4 is 17.6 Å². The normalized spacial score (nSPS) is 10.7. The van der Waals surface area contributed by atoms with Crippen molar-refractivity contribution in [2.24, 2.45) is 7.05 Å². The molecule has 0 radical (unpaired) electrons. The molecule has 0 fully saturated rings. The predicted molar refractivity (Wildman–Crippen MR) is 63.4 cm³/mol. The van der Waals surface area contributed by atoms with Gasteiger partial charge in [0.25, 0.3) is 0 Å². The van der Waals surface area contributed by atoms with E-state index in [-0.39, 0.29) is 0 Å². The fraction of sp³-hybridized carbons (Fsp3) is 0.444. The molecule has 0 aromatic carbocycles. The van der Waals surface area contributed by atoms with E-state index >= 15 is 0 Å². The van der Waals surface area contributed by atoms with Crippen molar-refractivity contribution in [1.82, 2.24) is 30.2 Å². The van der Waals surface area contributed by atoms with E-state index in [4.69, 9.17) is 5.73 Å². The van der Waals surface area contributed by atoms with Gasteiger partial charge in [0.15, 0.2) is 0 Å². The van der Waals surface area contributed by atoms with E-state index in [1.165, 1.54) is 18.1 Å². The number of nitrogen functional groups attached to an aromatic ring is 1. The largest absolute Gasteiger partial charge is 0.383 e. The molecule has 0 aliphatic heterocycles. The lowest BCUT2D eigenvalue weighted by atomic mass is 10.2. The van der Waals surface area contributed by atoms with E-state index in [2.05, 4.69) is 32.4 Å². The molecule has 0 unspecified atom stereocenters. The van der Waals surface area contributed by atoms with Crippen molar-refractivity contribution in [3.63, 3.8) is 0 Å². The number of nitrogens with two attached hydrogens (primary N) is 1. The zero-order valence-electron chi connectivity index (χ0n) is 9.66. The molecule has 2 rings (SSSR count). The third kappa shape index (κ3) is 2.52. The number of hydrogen-bond acceptors (Lipinski definition) is 7. The van der Waals surface area contributed by atoms with E-state index in [9.17, 15) is 0 Å². The van der Waals surface area contributed by atoms with Gasteiger partial charge in [-0.3, -0.25) is 0 Å². The zero-order valence-corrected chi connectivity index (χ0v) is 10.5. The SMILES string of the molecule is CCCc1c(N)ncnc1Sc1nnnn1C. The molecular weight excluding hydrogens is 238 g/mol. The molecule has 2 heterocycles. The summed E-state index contributed by atoms with van der Waals surface area (Å²) in [5.41, 5.74) is 6.81. The number of aromatic nitrogens is 6. The van der Waals surface area contributed by atoms with Gasteiger partial charge in [-0.2, -0.15) is 0 Å². The summed E-state index contributed by atoms with van der Waals surface area (Å²) in [6.45, 7) is 2.09. The van der Waals surface area contributed by atoms with Crippen LogP contribution in [0.1, 0.15) is 18.9 Å². The van der Waals surface area contributed by atoms with Gasteiger partial charge in [0.05, 0.1) is 0 Å². The van der Waals surface area contributed by atoms with Gasteiger partial charge >= 0.3 is 0 Å². The van der Waals surface area contributed by atoms with E-state index in [1.807, 2.05) is 0 Å². The Labute approximate surface area is 103 Å². The molecule has 90 valence electrons. The summed E-state index contributed by atoms with van der Waals surface area (Å²) in [6.07, 6.45) is 3.29. The molecular formula is C9H13N7S. The summed E-state index contributed by atoms with van der Waals surface area (Å²) in [6, 6.07) is 0. The molecule has 0 aliphatic carbocycles. The Morgan fingerprint density at radius 2 is 2.24 bits per heavy atom. The smallest absolute Gasteiger partial charge is 0.215 e. The molecule has 0 amide bonds. The van der Waals surface area contributed by atoms with Gasteiger partial charge in [0, 0.05) is 12.6 Å². The van der Waals surface area contributed by atoms with Crippen LogP contribution in [0.3, 0.4) is 0 Å². The first-order valence-corrected chi connectivity index (χ1v) is 6.03. The molecule has 17 heavy (non-hydrogen) atoms. The van der Waals surface area contributed by atoms with Crippen molar-refractivity contribution in [2.75, 3.05) is 5.73 Å². The van der Waals surface area contributed by atoms with Crippen LogP contribution < -0.4 is 5.73 Å². The van der Waals surface area contributed by atoms with E-state index in [1.54, 1.807) is 11.7 Å². The van der Waals surface area contributed by atoms with E-state index in [0.717, 1.165) is 23.4 Å². The number of nitrogens with zero attached hydrogens (tertiary/aromatic N) is 6. The maximum absolute atomic E-state index is 5.85. The van der Waals surface area contributed by atoms with Crippen molar-refractivity contribution in [3.05, 3.63) is 11.9 Å². The number of rotatable bonds is 4. The molecule has 0 atom stereocenters. The second-order valence-corrected chi connectivity index (χ2v) is 4.44. The minimum atomic E-state index is 0.527. The average molecular weight is 251 g/mol. The molecule has 0 bridgehead atoms. The number of tetrazole rings is 1. The maximum atomic E-state index is 5.85. The Balaban J connectivity index is 2.32. The first-order chi connectivity index (χ1) is 8.22. The molecule has 2 aromatic rings. The second kappa shape index (κ2) is 5.09. The van der Waals surface area contributed by atoms with E-state index < -0.39 is 0 Å². The first kappa shape index (κ1) is 11.8. The van der Waals surface area contributed by atoms with Crippen molar-refractivity contribution in [2.45, 2.75) is 29.9 Å². The Kier molecular flexibility index (Phi) is 3.52. The van der Waals surface area contributed by atoms with Crippen LogP contribution in [-0.2, 0) is 13.5 Å². The molecule has 8 heteroatoms. The van der Waals surface area contributed by atoms with Gasteiger partial charge in [0.1, 0.15) is 17.2 Å². The minimum Gasteiger partial charge on any atom is -0.383 e. The molecule has 2 aromatic heterocycles. The fourth-order valence-corrected chi connectivity index (χ4v) is 2.22. The lowest BCUT2D eigenvalue weighted by molar-refractivity contribution is 0.664. The topological polar surface area (TPSA) is 95.4 Å². The van der Waals surface area contributed by atoms with E-state index in [0.29, 0.717) is 11.0 Å². The minimum absolute atomic E-state index is 0.527. The van der Waals surface area contributed by atoms with Crippen LogP contribution in [-0.4, -0.2) is 30.2 Å². The Morgan fingerprint density at radius 1 is 1.41 bits per heavy atom. The predicted octanol–water partition coefficient (Wildman–Crippen LogP) is 0.686. The molecule has 0 spiro atoms. The van der Waals surface area contributed by atoms with Crippen LogP contribution in [0, 0.1) is 0 Å². The third-order valence-electron chi connectivity index (χ3n) is 2.21. The third-order valence-corrected chi connectivity index (χ3v) is 3.28. The Hall–Kier alpha value is -1.70. The Bertz CT molecular complexity index is 510. The van der Waals surface area contributed by atoms with Crippen molar-refractivity contribution in [1.29, 1.82) is 0 Å². The summed E-state index contributed by atoms with van der Waals surface area (Å²) in [5.74, 6) is 0.527. The summed E-state index contributed by atoms with van der Waals surface area (Å²) in [7, 11) is 1.78. The number of hydrogen-bond donors (Lipinski definition) is 1. The molecule has 0 aliphatic rings. The average Bonchev–Trinajstić information content (AvgIpc) is 2.70. The standard InChI is InChI=1S/C9H13N7S/c1-3-4-6-7(10)11-5-12-8(6)17-9-13-14-15-16(9)2/h5H,3-4H2,1-2H3,(H2,10,11,12). The highest BCUT2D eigenvalue weighted by Gasteiger charge is 2.13. The number of anilines is 1. The molecule has 0 saturated heterocycles. The van der Waals surface area contributed by atoms with Crippen molar-refractivity contribution in [3.8, 4) is 0 Å². The first-order valence-electron chi connectivity index (χ1n) is 5.22. The summed E-state index contributed by atoms with van der Waals surface area (Å²) >= 11 is 1.40. The maximum Gasteiger partial charge on any atom is 0.215 e. The lowest BCUT2D eigenvalue weighted by Crippen LogP contribution is -2.02. The van der Waals surface area contributed by atoms with Crippen LogP contribution >= 0.6 is 11.8 Å². The monoisotopic (exact) mass is 251 g/mol. The fourth-order valence-electron chi connectivity index (χ4n) is 1.38. The Morgan fingerprint density at radius 3 is 2.88 bits per heavy atom. The van der Waals surface area contributed by atoms with Gasteiger partial charge in [-0.1, -0.05) is 13.3 Å². The van der Waals surface area contributed by atoms with Crippen molar-refractivity contribution < 1.29 is 0 Å². The van der Waals surface area contributed by atoms with Crippen LogP contribution in [0.15, 0.2) is 16.5 Å². The van der Waals surface area contributed by atoms with Crippen LogP contribution in [0.2, 0.25) is 0 Å². The summed E-state index contributed by atoms with van der Waals surface area (Å²) in [5, 5.41) is 12.8. The quantitative estimate of drug-likeness (QED) is 0.798. The van der Waals surface area contributed by atoms with Crippen LogP contribution in [0.25, 0.3) is 0 Å².